The van der Waals surface area contributed by atoms with Gasteiger partial charge in [0.15, 0.2) is 0 Å². The molecule has 0 unspecified atom stereocenters. The van der Waals surface area contributed by atoms with Crippen LogP contribution in [0.3, 0.4) is 0 Å². The Kier molecular flexibility index (Phi) is 5.20. The van der Waals surface area contributed by atoms with Crippen molar-refractivity contribution >= 4 is 21.6 Å². The molecule has 0 fully saturated rings. The molecule has 1 heterocycles. The number of furan rings is 1. The fourth-order valence-corrected chi connectivity index (χ4v) is 2.84. The van der Waals surface area contributed by atoms with Crippen molar-refractivity contribution in [3.8, 4) is 0 Å². The maximum atomic E-state index is 12.1. The van der Waals surface area contributed by atoms with Crippen LogP contribution in [0.15, 0.2) is 44.7 Å². The molecule has 0 saturated carbocycles. The monoisotopic (exact) mass is 349 g/mol. The Balaban J connectivity index is 2.14. The summed E-state index contributed by atoms with van der Waals surface area (Å²) in [7, 11) is -2.12. The third-order valence-electron chi connectivity index (χ3n) is 3.46. The summed E-state index contributed by atoms with van der Waals surface area (Å²) in [6.07, 6.45) is 0. The minimum absolute atomic E-state index is 0.162. The van der Waals surface area contributed by atoms with Crippen molar-refractivity contribution in [1.82, 2.24) is 10.1 Å². The van der Waals surface area contributed by atoms with Gasteiger partial charge in [-0.1, -0.05) is 12.1 Å². The minimum Gasteiger partial charge on any atom is -0.466 e. The van der Waals surface area contributed by atoms with Crippen LogP contribution >= 0.6 is 0 Å². The maximum absolute atomic E-state index is 12.1. The van der Waals surface area contributed by atoms with Crippen molar-refractivity contribution < 1.29 is 17.6 Å². The van der Waals surface area contributed by atoms with Crippen molar-refractivity contribution in [2.45, 2.75) is 25.7 Å². The zero-order valence-corrected chi connectivity index (χ0v) is 14.7. The average molecular weight is 349 g/mol. The molecule has 2 rings (SSSR count). The minimum atomic E-state index is -3.47. The van der Waals surface area contributed by atoms with Gasteiger partial charge in [0.25, 0.3) is 5.91 Å². The molecule has 1 aromatic heterocycles. The lowest BCUT2D eigenvalue weighted by molar-refractivity contribution is 0.0953. The molecule has 0 spiro atoms. The van der Waals surface area contributed by atoms with Gasteiger partial charge in [0.05, 0.1) is 16.2 Å². The van der Waals surface area contributed by atoms with E-state index in [9.17, 15) is 13.2 Å². The van der Waals surface area contributed by atoms with Gasteiger partial charge in [-0.05, 0) is 51.6 Å². The highest BCUT2D eigenvalue weighted by Crippen LogP contribution is 2.14. The second-order valence-electron chi connectivity index (χ2n) is 5.20. The van der Waals surface area contributed by atoms with Gasteiger partial charge in [0, 0.05) is 0 Å². The highest BCUT2D eigenvalue weighted by molar-refractivity contribution is 7.89. The number of amides is 1. The molecule has 2 aromatic rings. The molecule has 2 N–H and O–H groups in total. The Morgan fingerprint density at radius 1 is 1.17 bits per heavy atom. The van der Waals surface area contributed by atoms with Crippen LogP contribution in [0, 0.1) is 13.8 Å². The number of sulfonamides is 1. The van der Waals surface area contributed by atoms with E-state index in [0.717, 1.165) is 0 Å². The first-order valence-electron chi connectivity index (χ1n) is 7.20. The average Bonchev–Trinajstić information content (AvgIpc) is 2.91. The number of aryl methyl sites for hydroxylation is 2. The van der Waals surface area contributed by atoms with Crippen molar-refractivity contribution in [2.24, 2.45) is 5.10 Å². The fraction of sp³-hybridized carbons (Fsp3) is 0.250. The predicted octanol–water partition coefficient (Wildman–Crippen LogP) is 1.96. The van der Waals surface area contributed by atoms with Crippen LogP contribution in [0.25, 0.3) is 0 Å². The van der Waals surface area contributed by atoms with Crippen molar-refractivity contribution in [2.75, 3.05) is 7.05 Å². The summed E-state index contributed by atoms with van der Waals surface area (Å²) in [6, 6.07) is 7.86. The third-order valence-corrected chi connectivity index (χ3v) is 4.89. The third kappa shape index (κ3) is 3.90. The quantitative estimate of drug-likeness (QED) is 0.636. The summed E-state index contributed by atoms with van der Waals surface area (Å²) in [6.45, 7) is 5.19. The Hall–Kier alpha value is -2.45. The summed E-state index contributed by atoms with van der Waals surface area (Å²) in [5.41, 5.74) is 4.15. The van der Waals surface area contributed by atoms with Gasteiger partial charge in [-0.15, -0.1) is 0 Å². The zero-order chi connectivity index (χ0) is 17.9. The van der Waals surface area contributed by atoms with Gasteiger partial charge < -0.3 is 4.42 Å². The van der Waals surface area contributed by atoms with Crippen molar-refractivity contribution in [3.63, 3.8) is 0 Å². The molecule has 0 bridgehead atoms. The van der Waals surface area contributed by atoms with Gasteiger partial charge in [-0.25, -0.2) is 18.6 Å². The molecular formula is C16H19N3O4S. The molecule has 0 aliphatic heterocycles. The van der Waals surface area contributed by atoms with E-state index in [1.54, 1.807) is 39.0 Å². The lowest BCUT2D eigenvalue weighted by Gasteiger charge is -2.05. The van der Waals surface area contributed by atoms with Crippen LogP contribution in [-0.2, 0) is 10.0 Å². The number of hydrogen-bond acceptors (Lipinski definition) is 5. The molecule has 8 heteroatoms. The highest BCUT2D eigenvalue weighted by Gasteiger charge is 2.13. The number of carbonyl (C=O) groups is 1. The summed E-state index contributed by atoms with van der Waals surface area (Å²) in [4.78, 5) is 12.2. The van der Waals surface area contributed by atoms with Gasteiger partial charge in [0.2, 0.25) is 10.0 Å². The first-order chi connectivity index (χ1) is 11.2. The van der Waals surface area contributed by atoms with Crippen LogP contribution in [-0.4, -0.2) is 27.1 Å². The molecule has 0 aliphatic carbocycles. The number of hydrazone groups is 1. The number of nitrogens with one attached hydrogen (secondary N) is 2. The van der Waals surface area contributed by atoms with Crippen molar-refractivity contribution in [1.29, 1.82) is 0 Å². The highest BCUT2D eigenvalue weighted by atomic mass is 32.2. The Morgan fingerprint density at radius 2 is 1.79 bits per heavy atom. The molecule has 24 heavy (non-hydrogen) atoms. The summed E-state index contributed by atoms with van der Waals surface area (Å²) >= 11 is 0. The first-order valence-corrected chi connectivity index (χ1v) is 8.68. The number of benzene rings is 1. The lowest BCUT2D eigenvalue weighted by Crippen LogP contribution is -2.20. The Bertz CT molecular complexity index is 881. The second kappa shape index (κ2) is 6.98. The van der Waals surface area contributed by atoms with Gasteiger partial charge in [-0.3, -0.25) is 4.79 Å². The van der Waals surface area contributed by atoms with E-state index in [-0.39, 0.29) is 10.8 Å². The lowest BCUT2D eigenvalue weighted by atomic mass is 10.1. The van der Waals surface area contributed by atoms with Crippen LogP contribution in [0.1, 0.15) is 34.4 Å². The van der Waals surface area contributed by atoms with E-state index in [4.69, 9.17) is 4.42 Å². The van der Waals surface area contributed by atoms with Gasteiger partial charge in [-0.2, -0.15) is 5.10 Å². The van der Waals surface area contributed by atoms with Crippen molar-refractivity contribution in [3.05, 3.63) is 53.0 Å². The van der Waals surface area contributed by atoms with Crippen LogP contribution < -0.4 is 10.1 Å². The molecule has 1 aromatic carbocycles. The molecule has 7 nitrogen and oxygen atoms in total. The predicted molar refractivity (Wildman–Crippen MR) is 90.5 cm³/mol. The standard InChI is InChI=1S/C16H19N3O4S/c1-10-9-15(12(3)23-10)16(20)19-18-11(2)13-5-7-14(8-6-13)24(21,22)17-4/h5-9,17H,1-4H3,(H,19,20)/b18-11-. The Morgan fingerprint density at radius 3 is 2.29 bits per heavy atom. The van der Waals surface area contributed by atoms with E-state index < -0.39 is 10.0 Å². The fourth-order valence-electron chi connectivity index (χ4n) is 2.11. The van der Waals surface area contributed by atoms with Crippen LogP contribution in [0.4, 0.5) is 0 Å². The van der Waals surface area contributed by atoms with Crippen LogP contribution in [0.2, 0.25) is 0 Å². The van der Waals surface area contributed by atoms with E-state index in [1.165, 1.54) is 19.2 Å². The largest absolute Gasteiger partial charge is 0.466 e. The Labute approximate surface area is 140 Å². The number of rotatable bonds is 5. The second-order valence-corrected chi connectivity index (χ2v) is 7.08. The molecule has 1 amide bonds. The van der Waals surface area contributed by atoms with Crippen LogP contribution in [0.5, 0.6) is 0 Å². The molecule has 0 atom stereocenters. The van der Waals surface area contributed by atoms with E-state index in [2.05, 4.69) is 15.2 Å². The summed E-state index contributed by atoms with van der Waals surface area (Å²) in [5.74, 6) is 0.817. The summed E-state index contributed by atoms with van der Waals surface area (Å²) in [5, 5.41) is 4.04. The SMILES string of the molecule is CNS(=O)(=O)c1ccc(/C(C)=N\NC(=O)c2cc(C)oc2C)cc1. The van der Waals surface area contributed by atoms with Gasteiger partial charge >= 0.3 is 0 Å². The maximum Gasteiger partial charge on any atom is 0.274 e. The normalized spacial score (nSPS) is 12.2. The first kappa shape index (κ1) is 17.9. The molecule has 0 aliphatic rings. The number of nitrogens with zero attached hydrogens (tertiary/aromatic N) is 1. The van der Waals surface area contributed by atoms with E-state index >= 15 is 0 Å². The van der Waals surface area contributed by atoms with Gasteiger partial charge in [0.1, 0.15) is 11.5 Å². The van der Waals surface area contributed by atoms with E-state index in [1.807, 2.05) is 0 Å². The molecular weight excluding hydrogens is 330 g/mol. The smallest absolute Gasteiger partial charge is 0.274 e. The summed E-state index contributed by atoms with van der Waals surface area (Å²) < 4.78 is 30.9. The number of hydrogen-bond donors (Lipinski definition) is 2. The molecule has 0 saturated heterocycles. The number of carbonyl (C=O) groups excluding carboxylic acids is 1. The molecule has 128 valence electrons. The van der Waals surface area contributed by atoms with E-state index in [0.29, 0.717) is 28.4 Å². The zero-order valence-electron chi connectivity index (χ0n) is 13.9. The molecule has 0 radical (unpaired) electrons. The topological polar surface area (TPSA) is 101 Å².